The Morgan fingerprint density at radius 2 is 2.30 bits per heavy atom. The predicted octanol–water partition coefficient (Wildman–Crippen LogP) is 2.22. The molecule has 1 aliphatic heterocycles. The molecule has 1 unspecified atom stereocenters. The van der Waals surface area contributed by atoms with Gasteiger partial charge >= 0.3 is 5.97 Å². The lowest BCUT2D eigenvalue weighted by atomic mass is 10.1. The van der Waals surface area contributed by atoms with Crippen LogP contribution in [0.5, 0.6) is 5.88 Å². The summed E-state index contributed by atoms with van der Waals surface area (Å²) >= 11 is 0. The highest BCUT2D eigenvalue weighted by atomic mass is 16.5. The van der Waals surface area contributed by atoms with Crippen molar-refractivity contribution < 1.29 is 19.4 Å². The van der Waals surface area contributed by atoms with E-state index in [-0.39, 0.29) is 17.5 Å². The van der Waals surface area contributed by atoms with Gasteiger partial charge in [0.1, 0.15) is 12.2 Å². The van der Waals surface area contributed by atoms with E-state index in [0.29, 0.717) is 6.61 Å². The van der Waals surface area contributed by atoms with Crippen molar-refractivity contribution in [1.29, 1.82) is 0 Å². The zero-order valence-corrected chi connectivity index (χ0v) is 11.4. The molecule has 1 aromatic heterocycles. The van der Waals surface area contributed by atoms with E-state index in [4.69, 9.17) is 9.47 Å². The third-order valence-corrected chi connectivity index (χ3v) is 3.93. The Balaban J connectivity index is 1.75. The summed E-state index contributed by atoms with van der Waals surface area (Å²) < 4.78 is 11.2. The molecule has 1 aliphatic carbocycles. The molecule has 1 fully saturated rings. The Morgan fingerprint density at radius 1 is 1.40 bits per heavy atom. The van der Waals surface area contributed by atoms with Crippen molar-refractivity contribution in [2.45, 2.75) is 44.6 Å². The fourth-order valence-electron chi connectivity index (χ4n) is 2.83. The third-order valence-electron chi connectivity index (χ3n) is 3.93. The van der Waals surface area contributed by atoms with Gasteiger partial charge in [0.05, 0.1) is 6.10 Å². The lowest BCUT2D eigenvalue weighted by Gasteiger charge is -2.22. The van der Waals surface area contributed by atoms with Gasteiger partial charge in [0.2, 0.25) is 5.88 Å². The van der Waals surface area contributed by atoms with Crippen LogP contribution in [-0.2, 0) is 17.6 Å². The monoisotopic (exact) mass is 277 g/mol. The molecule has 1 atom stereocenters. The molecule has 2 aliphatic rings. The van der Waals surface area contributed by atoms with Crippen LogP contribution in [0.15, 0.2) is 6.07 Å². The largest absolute Gasteiger partial charge is 0.477 e. The van der Waals surface area contributed by atoms with Crippen LogP contribution >= 0.6 is 0 Å². The fraction of sp³-hybridized carbons (Fsp3) is 0.600. The predicted molar refractivity (Wildman–Crippen MR) is 72.3 cm³/mol. The molecule has 0 aromatic carbocycles. The van der Waals surface area contributed by atoms with Gasteiger partial charge < -0.3 is 14.6 Å². The van der Waals surface area contributed by atoms with E-state index in [1.54, 1.807) is 6.07 Å². The van der Waals surface area contributed by atoms with Crippen molar-refractivity contribution in [3.63, 3.8) is 0 Å². The molecular weight excluding hydrogens is 258 g/mol. The molecule has 108 valence electrons. The van der Waals surface area contributed by atoms with Crippen molar-refractivity contribution in [2.24, 2.45) is 0 Å². The lowest BCUT2D eigenvalue weighted by Crippen LogP contribution is -2.26. The van der Waals surface area contributed by atoms with Crippen LogP contribution in [0.1, 0.15) is 47.3 Å². The summed E-state index contributed by atoms with van der Waals surface area (Å²) in [5, 5.41) is 9.28. The second-order valence-corrected chi connectivity index (χ2v) is 5.41. The van der Waals surface area contributed by atoms with E-state index in [1.165, 1.54) is 0 Å². The lowest BCUT2D eigenvalue weighted by molar-refractivity contribution is -0.0122. The van der Waals surface area contributed by atoms with Crippen LogP contribution in [0.3, 0.4) is 0 Å². The number of aromatic carboxylic acids is 1. The Bertz CT molecular complexity index is 509. The van der Waals surface area contributed by atoms with Gasteiger partial charge in [-0.05, 0) is 50.2 Å². The number of carbonyl (C=O) groups is 1. The van der Waals surface area contributed by atoms with E-state index >= 15 is 0 Å². The first kappa shape index (κ1) is 13.4. The Hall–Kier alpha value is -1.62. The minimum atomic E-state index is -0.980. The standard InChI is InChI=1S/C15H19NO4/c17-15(18)12-8-10-4-3-6-13(10)16-14(12)20-9-11-5-1-2-7-19-11/h8,11H,1-7,9H2,(H,17,18). The number of carboxylic acid groups (broad SMARTS) is 1. The van der Waals surface area contributed by atoms with E-state index < -0.39 is 5.97 Å². The number of nitrogens with zero attached hydrogens (tertiary/aromatic N) is 1. The highest BCUT2D eigenvalue weighted by molar-refractivity contribution is 5.90. The number of aromatic nitrogens is 1. The number of hydrogen-bond acceptors (Lipinski definition) is 4. The number of pyridine rings is 1. The Labute approximate surface area is 117 Å². The summed E-state index contributed by atoms with van der Waals surface area (Å²) in [5.41, 5.74) is 2.19. The molecule has 1 saturated heterocycles. The maximum absolute atomic E-state index is 11.3. The van der Waals surface area contributed by atoms with Gasteiger partial charge in [0, 0.05) is 12.3 Å². The summed E-state index contributed by atoms with van der Waals surface area (Å²) in [6.45, 7) is 1.14. The maximum Gasteiger partial charge on any atom is 0.341 e. The average molecular weight is 277 g/mol. The van der Waals surface area contributed by atoms with Crippen LogP contribution < -0.4 is 4.74 Å². The van der Waals surface area contributed by atoms with Crippen LogP contribution in [0.4, 0.5) is 0 Å². The molecule has 5 heteroatoms. The molecule has 1 N–H and O–H groups in total. The zero-order chi connectivity index (χ0) is 13.9. The minimum absolute atomic E-state index is 0.0560. The van der Waals surface area contributed by atoms with Gasteiger partial charge in [-0.2, -0.15) is 0 Å². The van der Waals surface area contributed by atoms with Gasteiger partial charge in [-0.1, -0.05) is 0 Å². The summed E-state index contributed by atoms with van der Waals surface area (Å²) in [6.07, 6.45) is 6.11. The third kappa shape index (κ3) is 2.77. The maximum atomic E-state index is 11.3. The molecule has 5 nitrogen and oxygen atoms in total. The summed E-state index contributed by atoms with van der Waals surface area (Å²) in [7, 11) is 0. The molecular formula is C15H19NO4. The quantitative estimate of drug-likeness (QED) is 0.914. The summed E-state index contributed by atoms with van der Waals surface area (Å²) in [6, 6.07) is 1.72. The topological polar surface area (TPSA) is 68.7 Å². The molecule has 0 saturated carbocycles. The normalized spacial score (nSPS) is 21.5. The van der Waals surface area contributed by atoms with E-state index in [9.17, 15) is 9.90 Å². The molecule has 0 spiro atoms. The SMILES string of the molecule is O=C(O)c1cc2c(nc1OCC1CCCCO1)CCC2. The second-order valence-electron chi connectivity index (χ2n) is 5.41. The molecule has 3 rings (SSSR count). The number of rotatable bonds is 4. The molecule has 0 amide bonds. The number of carboxylic acids is 1. The van der Waals surface area contributed by atoms with Gasteiger partial charge in [-0.25, -0.2) is 9.78 Å². The molecule has 1 aromatic rings. The van der Waals surface area contributed by atoms with Crippen molar-refractivity contribution in [2.75, 3.05) is 13.2 Å². The first-order valence-corrected chi connectivity index (χ1v) is 7.24. The van der Waals surface area contributed by atoms with Crippen LogP contribution in [0.2, 0.25) is 0 Å². The van der Waals surface area contributed by atoms with E-state index in [2.05, 4.69) is 4.98 Å². The fourth-order valence-corrected chi connectivity index (χ4v) is 2.83. The first-order valence-electron chi connectivity index (χ1n) is 7.24. The highest BCUT2D eigenvalue weighted by Crippen LogP contribution is 2.27. The van der Waals surface area contributed by atoms with Crippen molar-refractivity contribution >= 4 is 5.97 Å². The molecule has 20 heavy (non-hydrogen) atoms. The smallest absolute Gasteiger partial charge is 0.341 e. The van der Waals surface area contributed by atoms with Crippen LogP contribution in [-0.4, -0.2) is 35.4 Å². The van der Waals surface area contributed by atoms with E-state index in [0.717, 1.165) is 56.4 Å². The van der Waals surface area contributed by atoms with Crippen LogP contribution in [0.25, 0.3) is 0 Å². The van der Waals surface area contributed by atoms with Gasteiger partial charge in [-0.15, -0.1) is 0 Å². The Kier molecular flexibility index (Phi) is 3.87. The first-order chi connectivity index (χ1) is 9.74. The minimum Gasteiger partial charge on any atom is -0.477 e. The van der Waals surface area contributed by atoms with Gasteiger partial charge in [0.25, 0.3) is 0 Å². The average Bonchev–Trinajstić information content (AvgIpc) is 2.92. The number of aryl methyl sites for hydroxylation is 2. The van der Waals surface area contributed by atoms with Crippen molar-refractivity contribution in [3.8, 4) is 5.88 Å². The van der Waals surface area contributed by atoms with Crippen molar-refractivity contribution in [3.05, 3.63) is 22.9 Å². The number of fused-ring (bicyclic) bond motifs is 1. The van der Waals surface area contributed by atoms with Gasteiger partial charge in [0.15, 0.2) is 0 Å². The molecule has 0 bridgehead atoms. The molecule has 2 heterocycles. The van der Waals surface area contributed by atoms with Gasteiger partial charge in [-0.3, -0.25) is 0 Å². The van der Waals surface area contributed by atoms with E-state index in [1.807, 2.05) is 0 Å². The highest BCUT2D eigenvalue weighted by Gasteiger charge is 2.22. The molecule has 0 radical (unpaired) electrons. The van der Waals surface area contributed by atoms with Crippen molar-refractivity contribution in [1.82, 2.24) is 4.98 Å². The summed E-state index contributed by atoms with van der Waals surface area (Å²) in [5.74, 6) is -0.737. The Morgan fingerprint density at radius 3 is 3.05 bits per heavy atom. The summed E-state index contributed by atoms with van der Waals surface area (Å²) in [4.78, 5) is 15.7. The number of hydrogen-bond donors (Lipinski definition) is 1. The zero-order valence-electron chi connectivity index (χ0n) is 11.4. The number of ether oxygens (including phenoxy) is 2. The second kappa shape index (κ2) is 5.79. The van der Waals surface area contributed by atoms with Crippen LogP contribution in [0, 0.1) is 0 Å².